The molecule has 0 aliphatic carbocycles. The Morgan fingerprint density at radius 1 is 1.50 bits per heavy atom. The molecule has 1 saturated heterocycles. The summed E-state index contributed by atoms with van der Waals surface area (Å²) in [4.78, 5) is 12.4. The van der Waals surface area contributed by atoms with Crippen LogP contribution in [0, 0.1) is 5.92 Å². The Bertz CT molecular complexity index is 513. The molecule has 0 saturated carbocycles. The number of nitrogens with one attached hydrogen (secondary N) is 2. The smallest absolute Gasteiger partial charge is 0.223 e. The van der Waals surface area contributed by atoms with E-state index >= 15 is 0 Å². The van der Waals surface area contributed by atoms with E-state index in [2.05, 4.69) is 33.5 Å². The van der Waals surface area contributed by atoms with Crippen molar-refractivity contribution in [3.05, 3.63) is 28.2 Å². The molecule has 1 amide bonds. The highest BCUT2D eigenvalue weighted by molar-refractivity contribution is 9.10. The first-order chi connectivity index (χ1) is 10.0. The van der Waals surface area contributed by atoms with Crippen LogP contribution in [-0.2, 0) is 4.79 Å². The fourth-order valence-corrected chi connectivity index (χ4v) is 3.29. The van der Waals surface area contributed by atoms with Crippen LogP contribution in [0.15, 0.2) is 22.7 Å². The summed E-state index contributed by atoms with van der Waals surface area (Å²) in [6.45, 7) is 5.06. The number of methoxy groups -OCH3 is 1. The van der Waals surface area contributed by atoms with Crippen LogP contribution in [0.25, 0.3) is 0 Å². The maximum absolute atomic E-state index is 12.4. The number of ether oxygens (including phenoxy) is 1. The highest BCUT2D eigenvalue weighted by atomic mass is 79.9. The van der Waals surface area contributed by atoms with Crippen LogP contribution in [0.2, 0.25) is 0 Å². The molecular weight excluding hydrogens is 368 g/mol. The molecule has 1 aromatic rings. The largest absolute Gasteiger partial charge is 0.496 e. The van der Waals surface area contributed by atoms with Crippen LogP contribution >= 0.6 is 28.3 Å². The molecule has 3 atom stereocenters. The molecule has 1 heterocycles. The van der Waals surface area contributed by atoms with Crippen molar-refractivity contribution >= 4 is 34.2 Å². The van der Waals surface area contributed by atoms with Crippen LogP contribution in [0.3, 0.4) is 0 Å². The lowest BCUT2D eigenvalue weighted by molar-refractivity contribution is -0.126. The van der Waals surface area contributed by atoms with Gasteiger partial charge in [-0.25, -0.2) is 0 Å². The Balaban J connectivity index is 0.00000242. The van der Waals surface area contributed by atoms with Crippen molar-refractivity contribution in [2.45, 2.75) is 38.8 Å². The van der Waals surface area contributed by atoms with Crippen molar-refractivity contribution in [3.8, 4) is 5.75 Å². The van der Waals surface area contributed by atoms with Gasteiger partial charge in [0.2, 0.25) is 5.91 Å². The summed E-state index contributed by atoms with van der Waals surface area (Å²) in [5.41, 5.74) is 1.07. The molecule has 124 valence electrons. The van der Waals surface area contributed by atoms with Gasteiger partial charge in [0, 0.05) is 12.0 Å². The van der Waals surface area contributed by atoms with E-state index < -0.39 is 0 Å². The van der Waals surface area contributed by atoms with Gasteiger partial charge in [-0.2, -0.15) is 0 Å². The lowest BCUT2D eigenvalue weighted by Gasteiger charge is -2.28. The lowest BCUT2D eigenvalue weighted by atomic mass is 9.92. The van der Waals surface area contributed by atoms with Crippen LogP contribution in [0.1, 0.15) is 38.3 Å². The number of piperidine rings is 1. The molecule has 1 unspecified atom stereocenters. The zero-order valence-corrected chi connectivity index (χ0v) is 15.6. The Kier molecular flexibility index (Phi) is 7.66. The molecule has 1 aliphatic rings. The number of carbonyl (C=O) groups excluding carboxylic acids is 1. The number of hydrogen-bond acceptors (Lipinski definition) is 3. The number of hydrogen-bond donors (Lipinski definition) is 2. The summed E-state index contributed by atoms with van der Waals surface area (Å²) in [5, 5.41) is 6.49. The van der Waals surface area contributed by atoms with Crippen molar-refractivity contribution in [3.63, 3.8) is 0 Å². The normalized spacial score (nSPS) is 22.4. The van der Waals surface area contributed by atoms with E-state index in [0.717, 1.165) is 35.2 Å². The standard InChI is InChI=1S/C16H23BrN2O2.ClH/c1-10-8-13(6-7-18-10)16(20)19-11(2)12-4-5-15(21-3)14(17)9-12;/h4-5,9-11,13,18H,6-8H2,1-3H3,(H,19,20);1H/t10-,11?,13-;/m0./s1. The topological polar surface area (TPSA) is 50.4 Å². The zero-order valence-electron chi connectivity index (χ0n) is 13.2. The summed E-state index contributed by atoms with van der Waals surface area (Å²) < 4.78 is 6.13. The number of rotatable bonds is 4. The third-order valence-electron chi connectivity index (χ3n) is 4.03. The minimum atomic E-state index is -0.00935. The lowest BCUT2D eigenvalue weighted by Crippen LogP contribution is -2.42. The van der Waals surface area contributed by atoms with Gasteiger partial charge in [0.25, 0.3) is 0 Å². The number of amides is 1. The molecule has 22 heavy (non-hydrogen) atoms. The molecule has 2 rings (SSSR count). The molecule has 1 fully saturated rings. The van der Waals surface area contributed by atoms with E-state index in [1.54, 1.807) is 7.11 Å². The fraction of sp³-hybridized carbons (Fsp3) is 0.562. The molecule has 1 aromatic carbocycles. The molecule has 0 spiro atoms. The van der Waals surface area contributed by atoms with Gasteiger partial charge >= 0.3 is 0 Å². The minimum Gasteiger partial charge on any atom is -0.496 e. The monoisotopic (exact) mass is 390 g/mol. The van der Waals surface area contributed by atoms with Crippen LogP contribution in [-0.4, -0.2) is 25.6 Å². The fourth-order valence-electron chi connectivity index (χ4n) is 2.74. The number of benzene rings is 1. The Labute approximate surface area is 146 Å². The van der Waals surface area contributed by atoms with Gasteiger partial charge < -0.3 is 15.4 Å². The summed E-state index contributed by atoms with van der Waals surface area (Å²) in [6, 6.07) is 6.30. The summed E-state index contributed by atoms with van der Waals surface area (Å²) >= 11 is 3.48. The first-order valence-electron chi connectivity index (χ1n) is 7.38. The quantitative estimate of drug-likeness (QED) is 0.826. The Hall–Kier alpha value is -0.780. The number of halogens is 2. The van der Waals surface area contributed by atoms with Gasteiger partial charge in [0.15, 0.2) is 0 Å². The molecule has 2 N–H and O–H groups in total. The SMILES string of the molecule is COc1ccc(C(C)NC(=O)[C@H]2CCN[C@@H](C)C2)cc1Br.Cl. The maximum Gasteiger partial charge on any atom is 0.223 e. The van der Waals surface area contributed by atoms with E-state index in [0.29, 0.717) is 6.04 Å². The molecule has 1 aliphatic heterocycles. The van der Waals surface area contributed by atoms with E-state index in [4.69, 9.17) is 4.74 Å². The van der Waals surface area contributed by atoms with Crippen molar-refractivity contribution in [1.82, 2.24) is 10.6 Å². The van der Waals surface area contributed by atoms with Gasteiger partial charge in [-0.1, -0.05) is 6.07 Å². The molecule has 6 heteroatoms. The summed E-state index contributed by atoms with van der Waals surface area (Å²) in [7, 11) is 1.64. The molecule has 0 aromatic heterocycles. The van der Waals surface area contributed by atoms with Gasteiger partial charge in [0.1, 0.15) is 5.75 Å². The Morgan fingerprint density at radius 2 is 2.23 bits per heavy atom. The summed E-state index contributed by atoms with van der Waals surface area (Å²) in [5.74, 6) is 1.07. The highest BCUT2D eigenvalue weighted by Gasteiger charge is 2.25. The second-order valence-corrected chi connectivity index (χ2v) is 6.56. The van der Waals surface area contributed by atoms with Crippen molar-refractivity contribution in [2.24, 2.45) is 5.92 Å². The molecule has 0 bridgehead atoms. The van der Waals surface area contributed by atoms with Crippen molar-refractivity contribution in [2.75, 3.05) is 13.7 Å². The number of carbonyl (C=O) groups is 1. The van der Waals surface area contributed by atoms with Crippen molar-refractivity contribution < 1.29 is 9.53 Å². The van der Waals surface area contributed by atoms with Crippen LogP contribution in [0.5, 0.6) is 5.75 Å². The summed E-state index contributed by atoms with van der Waals surface area (Å²) in [6.07, 6.45) is 1.82. The van der Waals surface area contributed by atoms with Gasteiger partial charge in [0.05, 0.1) is 17.6 Å². The third-order valence-corrected chi connectivity index (χ3v) is 4.65. The average Bonchev–Trinajstić information content (AvgIpc) is 2.47. The van der Waals surface area contributed by atoms with Gasteiger partial charge in [-0.05, 0) is 66.9 Å². The maximum atomic E-state index is 12.4. The minimum absolute atomic E-state index is 0. The predicted octanol–water partition coefficient (Wildman–Crippen LogP) is 3.44. The Morgan fingerprint density at radius 3 is 2.82 bits per heavy atom. The van der Waals surface area contributed by atoms with Gasteiger partial charge in [-0.3, -0.25) is 4.79 Å². The predicted molar refractivity (Wildman–Crippen MR) is 94.7 cm³/mol. The van der Waals surface area contributed by atoms with Crippen molar-refractivity contribution in [1.29, 1.82) is 0 Å². The molecule has 0 radical (unpaired) electrons. The van der Waals surface area contributed by atoms with E-state index in [1.165, 1.54) is 0 Å². The average molecular weight is 392 g/mol. The third kappa shape index (κ3) is 4.86. The highest BCUT2D eigenvalue weighted by Crippen LogP contribution is 2.28. The second kappa shape index (κ2) is 8.75. The van der Waals surface area contributed by atoms with E-state index in [9.17, 15) is 4.79 Å². The van der Waals surface area contributed by atoms with E-state index in [-0.39, 0.29) is 30.3 Å². The zero-order chi connectivity index (χ0) is 15.4. The van der Waals surface area contributed by atoms with Crippen LogP contribution < -0.4 is 15.4 Å². The molecule has 4 nitrogen and oxygen atoms in total. The second-order valence-electron chi connectivity index (χ2n) is 5.70. The van der Waals surface area contributed by atoms with E-state index in [1.807, 2.05) is 25.1 Å². The van der Waals surface area contributed by atoms with Gasteiger partial charge in [-0.15, -0.1) is 12.4 Å². The first-order valence-corrected chi connectivity index (χ1v) is 8.17. The van der Waals surface area contributed by atoms with Crippen LogP contribution in [0.4, 0.5) is 0 Å². The first kappa shape index (κ1) is 19.3. The molecular formula is C16H24BrClN2O2.